The maximum atomic E-state index is 13.4. The van der Waals surface area contributed by atoms with Gasteiger partial charge in [-0.2, -0.15) is 23.5 Å². The molecule has 3 aromatic heterocycles. The molecular formula is C22H21N7O7S. The second-order valence-corrected chi connectivity index (χ2v) is 8.78. The van der Waals surface area contributed by atoms with Crippen LogP contribution in [0.1, 0.15) is 17.3 Å². The van der Waals surface area contributed by atoms with E-state index in [9.17, 15) is 18.0 Å². The molecule has 0 spiro atoms. The summed E-state index contributed by atoms with van der Waals surface area (Å²) in [5, 5.41) is 6.95. The van der Waals surface area contributed by atoms with Crippen molar-refractivity contribution in [2.45, 2.75) is 11.9 Å². The minimum Gasteiger partial charge on any atom is -0.481 e. The molecule has 0 unspecified atom stereocenters. The number of hydrogen-bond donors (Lipinski definition) is 2. The predicted octanol–water partition coefficient (Wildman–Crippen LogP) is 1.91. The van der Waals surface area contributed by atoms with Crippen molar-refractivity contribution in [3.8, 4) is 17.6 Å². The average Bonchev–Trinajstić information content (AvgIpc) is 3.34. The van der Waals surface area contributed by atoms with Crippen LogP contribution >= 0.6 is 0 Å². The van der Waals surface area contributed by atoms with Crippen LogP contribution in [-0.4, -0.2) is 66.0 Å². The normalized spacial score (nSPS) is 11.1. The van der Waals surface area contributed by atoms with Gasteiger partial charge in [0.15, 0.2) is 10.8 Å². The molecule has 4 rings (SSSR count). The second kappa shape index (κ2) is 10.4. The van der Waals surface area contributed by atoms with Crippen molar-refractivity contribution < 1.29 is 32.2 Å². The van der Waals surface area contributed by atoms with Gasteiger partial charge < -0.3 is 14.2 Å². The Hall–Kier alpha value is -4.79. The van der Waals surface area contributed by atoms with Gasteiger partial charge in [0.2, 0.25) is 17.7 Å². The summed E-state index contributed by atoms with van der Waals surface area (Å²) in [6.07, 6.45) is 2.50. The van der Waals surface area contributed by atoms with E-state index in [2.05, 4.69) is 25.4 Å². The lowest BCUT2D eigenvalue weighted by molar-refractivity contribution is 0.0521. The first-order chi connectivity index (χ1) is 17.8. The minimum atomic E-state index is -4.73. The molecule has 0 aliphatic heterocycles. The zero-order valence-electron chi connectivity index (χ0n) is 19.8. The molecule has 3 heterocycles. The van der Waals surface area contributed by atoms with Crippen molar-refractivity contribution in [3.63, 3.8) is 0 Å². The molecule has 15 heteroatoms. The highest BCUT2D eigenvalue weighted by Crippen LogP contribution is 2.25. The molecule has 0 saturated heterocycles. The molecule has 0 saturated carbocycles. The number of pyridine rings is 1. The molecule has 2 N–H and O–H groups in total. The summed E-state index contributed by atoms with van der Waals surface area (Å²) in [4.78, 5) is 37.4. The van der Waals surface area contributed by atoms with E-state index in [0.29, 0.717) is 5.39 Å². The first kappa shape index (κ1) is 25.3. The fraction of sp³-hybridized carbons (Fsp3) is 0.182. The van der Waals surface area contributed by atoms with Gasteiger partial charge >= 0.3 is 12.0 Å². The van der Waals surface area contributed by atoms with Crippen LogP contribution in [0.25, 0.3) is 16.6 Å². The summed E-state index contributed by atoms with van der Waals surface area (Å²) >= 11 is 0. The third-order valence-corrected chi connectivity index (χ3v) is 6.23. The number of anilines is 1. The molecule has 1 aromatic carbocycles. The summed E-state index contributed by atoms with van der Waals surface area (Å²) in [5.74, 6) is -0.992. The Balaban J connectivity index is 1.75. The van der Waals surface area contributed by atoms with Crippen LogP contribution in [-0.2, 0) is 14.8 Å². The molecule has 37 heavy (non-hydrogen) atoms. The van der Waals surface area contributed by atoms with E-state index in [1.165, 1.54) is 26.5 Å². The zero-order valence-corrected chi connectivity index (χ0v) is 20.6. The van der Waals surface area contributed by atoms with Crippen LogP contribution in [0.3, 0.4) is 0 Å². The fourth-order valence-corrected chi connectivity index (χ4v) is 4.51. The number of nitrogens with one attached hydrogen (secondary N) is 2. The van der Waals surface area contributed by atoms with Crippen molar-refractivity contribution in [1.82, 2.24) is 29.5 Å². The summed E-state index contributed by atoms with van der Waals surface area (Å²) < 4.78 is 44.7. The van der Waals surface area contributed by atoms with E-state index < -0.39 is 32.6 Å². The summed E-state index contributed by atoms with van der Waals surface area (Å²) in [6, 6.07) is 8.94. The van der Waals surface area contributed by atoms with Gasteiger partial charge in [-0.25, -0.2) is 24.0 Å². The van der Waals surface area contributed by atoms with Crippen molar-refractivity contribution in [3.05, 3.63) is 54.4 Å². The van der Waals surface area contributed by atoms with Crippen molar-refractivity contribution in [1.29, 1.82) is 0 Å². The van der Waals surface area contributed by atoms with Gasteiger partial charge in [0.1, 0.15) is 5.56 Å². The van der Waals surface area contributed by atoms with Gasteiger partial charge in [-0.1, -0.05) is 24.3 Å². The second-order valence-electron chi connectivity index (χ2n) is 7.19. The number of ether oxygens (including phenoxy) is 3. The minimum absolute atomic E-state index is 0.0149. The lowest BCUT2D eigenvalue weighted by atomic mass is 10.1. The highest BCUT2D eigenvalue weighted by Gasteiger charge is 2.32. The van der Waals surface area contributed by atoms with E-state index >= 15 is 0 Å². The zero-order chi connectivity index (χ0) is 26.6. The van der Waals surface area contributed by atoms with Crippen LogP contribution in [0.15, 0.2) is 53.8 Å². The van der Waals surface area contributed by atoms with E-state index in [1.807, 2.05) is 4.72 Å². The largest absolute Gasteiger partial charge is 0.481 e. The number of amides is 2. The summed E-state index contributed by atoms with van der Waals surface area (Å²) in [7, 11) is -2.04. The molecule has 14 nitrogen and oxygen atoms in total. The third kappa shape index (κ3) is 5.25. The first-order valence-corrected chi connectivity index (χ1v) is 12.2. The Kier molecular flexibility index (Phi) is 7.15. The molecule has 0 radical (unpaired) electrons. The van der Waals surface area contributed by atoms with Crippen molar-refractivity contribution in [2.24, 2.45) is 0 Å². The van der Waals surface area contributed by atoms with Crippen LogP contribution in [0.2, 0.25) is 0 Å². The Morgan fingerprint density at radius 2 is 1.76 bits per heavy atom. The molecule has 0 aliphatic rings. The van der Waals surface area contributed by atoms with Gasteiger partial charge in [0, 0.05) is 11.6 Å². The number of sulfonamides is 1. The number of aromatic nitrogens is 5. The number of carbonyl (C=O) groups excluding carboxylic acids is 2. The van der Waals surface area contributed by atoms with Gasteiger partial charge in [-0.15, -0.1) is 0 Å². The quantitative estimate of drug-likeness (QED) is 0.320. The highest BCUT2D eigenvalue weighted by molar-refractivity contribution is 7.90. The number of benzene rings is 1. The number of hydrogen-bond acceptors (Lipinski definition) is 11. The number of urea groups is 1. The molecule has 0 aliphatic carbocycles. The Morgan fingerprint density at radius 3 is 2.43 bits per heavy atom. The maximum absolute atomic E-state index is 13.4. The first-order valence-electron chi connectivity index (χ1n) is 10.7. The number of esters is 1. The smallest absolute Gasteiger partial charge is 0.342 e. The molecule has 0 fully saturated rings. The van der Waals surface area contributed by atoms with Gasteiger partial charge in [-0.05, 0) is 18.4 Å². The lowest BCUT2D eigenvalue weighted by Gasteiger charge is -2.13. The molecule has 0 bridgehead atoms. The Labute approximate surface area is 210 Å². The Morgan fingerprint density at radius 1 is 1.05 bits per heavy atom. The van der Waals surface area contributed by atoms with E-state index in [4.69, 9.17) is 14.2 Å². The third-order valence-electron chi connectivity index (χ3n) is 4.88. The van der Waals surface area contributed by atoms with Crippen molar-refractivity contribution in [2.75, 3.05) is 26.1 Å². The van der Waals surface area contributed by atoms with Crippen LogP contribution in [0.5, 0.6) is 11.8 Å². The highest BCUT2D eigenvalue weighted by atomic mass is 32.2. The maximum Gasteiger partial charge on any atom is 0.342 e. The molecule has 2 amide bonds. The topological polar surface area (TPSA) is 177 Å². The fourth-order valence-electron chi connectivity index (χ4n) is 3.33. The summed E-state index contributed by atoms with van der Waals surface area (Å²) in [5.41, 5.74) is -0.392. The van der Waals surface area contributed by atoms with Gasteiger partial charge in [-0.3, -0.25) is 5.32 Å². The number of rotatable bonds is 8. The number of nitrogens with zero attached hydrogens (tertiary/aromatic N) is 5. The summed E-state index contributed by atoms with van der Waals surface area (Å²) in [6.45, 7) is 1.55. The molecule has 192 valence electrons. The Bertz CT molecular complexity index is 1560. The monoisotopic (exact) mass is 527 g/mol. The van der Waals surface area contributed by atoms with Gasteiger partial charge in [0.05, 0.1) is 33.1 Å². The molecular weight excluding hydrogens is 506 g/mol. The number of methoxy groups -OCH3 is 2. The predicted molar refractivity (Wildman–Crippen MR) is 129 cm³/mol. The molecule has 4 aromatic rings. The lowest BCUT2D eigenvalue weighted by Crippen LogP contribution is -2.36. The van der Waals surface area contributed by atoms with Gasteiger partial charge in [0.25, 0.3) is 10.0 Å². The average molecular weight is 528 g/mol. The number of fused-ring (bicyclic) bond motifs is 1. The molecule has 0 atom stereocenters. The van der Waals surface area contributed by atoms with Crippen LogP contribution < -0.4 is 19.5 Å². The van der Waals surface area contributed by atoms with E-state index in [0.717, 1.165) is 16.3 Å². The number of carbonyl (C=O) groups is 2. The van der Waals surface area contributed by atoms with E-state index in [-0.39, 0.29) is 30.1 Å². The van der Waals surface area contributed by atoms with E-state index in [1.54, 1.807) is 37.3 Å². The van der Waals surface area contributed by atoms with Crippen molar-refractivity contribution >= 4 is 38.7 Å². The van der Waals surface area contributed by atoms with Crippen LogP contribution in [0.4, 0.5) is 10.7 Å². The SMILES string of the molecule is CCOC(=O)c1cnn(-c2nccc3ccccc23)c1S(=O)(=O)NC(=O)Nc1nc(OC)cc(OC)n1. The van der Waals surface area contributed by atoms with Crippen LogP contribution in [0, 0.1) is 0 Å². The standard InChI is InChI=1S/C22H21N7O7S/c1-4-36-20(30)15-12-24-29(18-14-8-6-5-7-13(14)9-10-23-18)19(15)37(32,33)28-22(31)27-21-25-16(34-2)11-17(26-21)35-3/h5-12H,4H2,1-3H3,(H2,25,26,27,28,31).